The number of carbonyl (C=O) groups is 1. The zero-order valence-corrected chi connectivity index (χ0v) is 22.5. The number of aliphatic hydroxyl groups is 1. The van der Waals surface area contributed by atoms with Crippen molar-refractivity contribution in [3.63, 3.8) is 0 Å². The molecule has 5 atom stereocenters. The van der Waals surface area contributed by atoms with Gasteiger partial charge in [0.1, 0.15) is 6.04 Å². The topological polar surface area (TPSA) is 101 Å². The van der Waals surface area contributed by atoms with Crippen LogP contribution >= 0.6 is 11.6 Å². The second kappa shape index (κ2) is 10.0. The Bertz CT molecular complexity index is 1220. The first-order valence-electron chi connectivity index (χ1n) is 13.2. The smallest absolute Gasteiger partial charge is 0.238 e. The van der Waals surface area contributed by atoms with Crippen molar-refractivity contribution in [2.45, 2.75) is 88.6 Å². The second-order valence-electron chi connectivity index (χ2n) is 12.1. The number of carbonyl (C=O) groups excluding carboxylic acids is 1. The number of hydrogen-bond acceptors (Lipinski definition) is 5. The van der Waals surface area contributed by atoms with Crippen LogP contribution in [0.3, 0.4) is 0 Å². The number of halogens is 3. The van der Waals surface area contributed by atoms with Crippen LogP contribution in [0.2, 0.25) is 5.02 Å². The SMILES string of the molecule is CC(C)(C)C[C@H]1N[C@@H](C(=O)NC2CCC(O)CC2)[C@H](c2cccc(F)c2F)[C@]12c1ccc(Cl)cc1N[NH+]2[O-]. The Kier molecular flexibility index (Phi) is 7.19. The van der Waals surface area contributed by atoms with E-state index in [0.717, 1.165) is 6.07 Å². The number of aliphatic hydroxyl groups excluding tert-OH is 1. The summed E-state index contributed by atoms with van der Waals surface area (Å²) >= 11 is 6.25. The van der Waals surface area contributed by atoms with Gasteiger partial charge in [-0.05, 0) is 61.8 Å². The lowest BCUT2D eigenvalue weighted by Crippen LogP contribution is -3.17. The van der Waals surface area contributed by atoms with Gasteiger partial charge in [0, 0.05) is 22.2 Å². The largest absolute Gasteiger partial charge is 0.607 e. The molecular formula is C28H35ClF2N4O3. The van der Waals surface area contributed by atoms with E-state index in [1.807, 2.05) is 20.8 Å². The van der Waals surface area contributed by atoms with Crippen LogP contribution in [-0.2, 0) is 10.3 Å². The summed E-state index contributed by atoms with van der Waals surface area (Å²) in [7, 11) is 0. The van der Waals surface area contributed by atoms with Crippen LogP contribution in [0.4, 0.5) is 14.5 Å². The van der Waals surface area contributed by atoms with E-state index in [1.54, 1.807) is 18.2 Å². The first kappa shape index (κ1) is 27.3. The van der Waals surface area contributed by atoms with E-state index in [-0.39, 0.29) is 34.2 Å². The molecule has 2 heterocycles. The molecule has 2 aromatic carbocycles. The van der Waals surface area contributed by atoms with Gasteiger partial charge in [-0.3, -0.25) is 15.3 Å². The molecule has 0 radical (unpaired) electrons. The lowest BCUT2D eigenvalue weighted by Gasteiger charge is -2.43. The summed E-state index contributed by atoms with van der Waals surface area (Å²) in [6.07, 6.45) is 2.52. The number of hydrogen-bond donors (Lipinski definition) is 5. The Labute approximate surface area is 226 Å². The number of benzene rings is 2. The van der Waals surface area contributed by atoms with Crippen molar-refractivity contribution in [3.8, 4) is 0 Å². The minimum atomic E-state index is -1.38. The van der Waals surface area contributed by atoms with Crippen molar-refractivity contribution in [1.29, 1.82) is 0 Å². The molecule has 0 bridgehead atoms. The highest BCUT2D eigenvalue weighted by molar-refractivity contribution is 6.30. The highest BCUT2D eigenvalue weighted by Crippen LogP contribution is 2.52. The average molecular weight is 549 g/mol. The molecule has 1 saturated carbocycles. The fraction of sp³-hybridized carbons (Fsp3) is 0.536. The van der Waals surface area contributed by atoms with Crippen LogP contribution in [0.15, 0.2) is 36.4 Å². The van der Waals surface area contributed by atoms with Crippen LogP contribution in [0, 0.1) is 22.3 Å². The number of fused-ring (bicyclic) bond motifs is 2. The van der Waals surface area contributed by atoms with E-state index >= 15 is 4.39 Å². The fourth-order valence-electron chi connectivity index (χ4n) is 6.66. The maximum absolute atomic E-state index is 15.5. The zero-order chi connectivity index (χ0) is 27.4. The summed E-state index contributed by atoms with van der Waals surface area (Å²) in [5.41, 5.74) is 2.39. The number of amides is 1. The number of quaternary nitrogens is 1. The Morgan fingerprint density at radius 1 is 1.21 bits per heavy atom. The van der Waals surface area contributed by atoms with Crippen molar-refractivity contribution in [3.05, 3.63) is 69.4 Å². The second-order valence-corrected chi connectivity index (χ2v) is 12.5. The molecule has 1 saturated heterocycles. The molecule has 5 rings (SSSR count). The van der Waals surface area contributed by atoms with Gasteiger partial charge in [-0.15, -0.1) is 0 Å². The molecule has 206 valence electrons. The number of nitrogens with one attached hydrogen (secondary N) is 4. The quantitative estimate of drug-likeness (QED) is 0.376. The highest BCUT2D eigenvalue weighted by atomic mass is 35.5. The van der Waals surface area contributed by atoms with E-state index < -0.39 is 35.2 Å². The lowest BCUT2D eigenvalue weighted by molar-refractivity contribution is -0.889. The third-order valence-corrected chi connectivity index (χ3v) is 8.50. The molecule has 1 spiro atoms. The van der Waals surface area contributed by atoms with E-state index in [4.69, 9.17) is 11.6 Å². The van der Waals surface area contributed by atoms with Gasteiger partial charge in [0.05, 0.1) is 23.8 Å². The molecule has 1 amide bonds. The molecular weight excluding hydrogens is 514 g/mol. The van der Waals surface area contributed by atoms with Crippen molar-refractivity contribution < 1.29 is 23.9 Å². The van der Waals surface area contributed by atoms with Crippen LogP contribution in [0.1, 0.15) is 69.9 Å². The molecule has 1 aliphatic carbocycles. The third kappa shape index (κ3) is 4.69. The van der Waals surface area contributed by atoms with Crippen LogP contribution in [0.25, 0.3) is 0 Å². The molecule has 38 heavy (non-hydrogen) atoms. The molecule has 1 unspecified atom stereocenters. The number of hydroxylamine groups is 1. The van der Waals surface area contributed by atoms with Crippen molar-refractivity contribution in [2.24, 2.45) is 5.41 Å². The van der Waals surface area contributed by atoms with Gasteiger partial charge >= 0.3 is 0 Å². The predicted molar refractivity (Wildman–Crippen MR) is 141 cm³/mol. The number of rotatable bonds is 4. The molecule has 2 fully saturated rings. The highest BCUT2D eigenvalue weighted by Gasteiger charge is 2.67. The third-order valence-electron chi connectivity index (χ3n) is 8.26. The van der Waals surface area contributed by atoms with Gasteiger partial charge in [-0.25, -0.2) is 14.2 Å². The molecule has 2 aliphatic heterocycles. The molecule has 3 aliphatic rings. The summed E-state index contributed by atoms with van der Waals surface area (Å²) < 4.78 is 30.2. The van der Waals surface area contributed by atoms with Gasteiger partial charge in [0.15, 0.2) is 17.2 Å². The van der Waals surface area contributed by atoms with Crippen molar-refractivity contribution >= 4 is 23.2 Å². The fourth-order valence-corrected chi connectivity index (χ4v) is 6.84. The first-order chi connectivity index (χ1) is 17.9. The van der Waals surface area contributed by atoms with E-state index in [1.165, 1.54) is 12.1 Å². The lowest BCUT2D eigenvalue weighted by atomic mass is 9.68. The standard InChI is InChI=1S/C28H35ClF2N4O3/c1-27(2,3)14-22-28(19-12-7-15(29)13-21(19)34-35(28)38)23(18-5-4-6-20(30)24(18)31)25(33-22)26(37)32-16-8-10-17(36)11-9-16/h4-7,12-13,16-17,22-23,25,33-36H,8-11,14H2,1-3H3,(H,32,37)/t16?,17?,22-,23+,25-,28+/m1/s1. The Hall–Kier alpha value is -2.30. The van der Waals surface area contributed by atoms with Crippen molar-refractivity contribution in [2.75, 3.05) is 5.43 Å². The van der Waals surface area contributed by atoms with Crippen LogP contribution < -0.4 is 21.2 Å². The Morgan fingerprint density at radius 3 is 2.61 bits per heavy atom. The van der Waals surface area contributed by atoms with Crippen LogP contribution in [0.5, 0.6) is 0 Å². The van der Waals surface area contributed by atoms with Gasteiger partial charge in [0.25, 0.3) is 0 Å². The van der Waals surface area contributed by atoms with Gasteiger partial charge < -0.3 is 15.6 Å². The summed E-state index contributed by atoms with van der Waals surface area (Å²) in [5.74, 6) is -3.50. The molecule has 5 N–H and O–H groups in total. The van der Waals surface area contributed by atoms with E-state index in [0.29, 0.717) is 48.4 Å². The minimum absolute atomic E-state index is 0.0222. The van der Waals surface area contributed by atoms with Gasteiger partial charge in [-0.2, -0.15) is 0 Å². The van der Waals surface area contributed by atoms with Crippen LogP contribution in [-0.4, -0.2) is 35.2 Å². The molecule has 0 aromatic heterocycles. The maximum Gasteiger partial charge on any atom is 0.238 e. The summed E-state index contributed by atoms with van der Waals surface area (Å²) in [5, 5.41) is 30.5. The monoisotopic (exact) mass is 548 g/mol. The minimum Gasteiger partial charge on any atom is -0.607 e. The van der Waals surface area contributed by atoms with Crippen molar-refractivity contribution in [1.82, 2.24) is 10.6 Å². The zero-order valence-electron chi connectivity index (χ0n) is 21.8. The Morgan fingerprint density at radius 2 is 1.92 bits per heavy atom. The normalized spacial score (nSPS) is 32.7. The predicted octanol–water partition coefficient (Wildman–Crippen LogP) is 3.52. The molecule has 10 heteroatoms. The molecule has 7 nitrogen and oxygen atoms in total. The first-order valence-corrected chi connectivity index (χ1v) is 13.6. The summed E-state index contributed by atoms with van der Waals surface area (Å²) in [4.78, 5) is 13.9. The summed E-state index contributed by atoms with van der Waals surface area (Å²) in [6, 6.07) is 7.28. The van der Waals surface area contributed by atoms with Gasteiger partial charge in [0.2, 0.25) is 5.91 Å². The van der Waals surface area contributed by atoms with E-state index in [2.05, 4.69) is 16.1 Å². The molecule has 2 aromatic rings. The Balaban J connectivity index is 1.66. The number of anilines is 1. The maximum atomic E-state index is 15.5. The average Bonchev–Trinajstić information content (AvgIpc) is 3.31. The van der Waals surface area contributed by atoms with Gasteiger partial charge in [-0.1, -0.05) is 44.5 Å². The summed E-state index contributed by atoms with van der Waals surface area (Å²) in [6.45, 7) is 6.11. The van der Waals surface area contributed by atoms with E-state index in [9.17, 15) is 19.5 Å².